The summed E-state index contributed by atoms with van der Waals surface area (Å²) in [5.41, 5.74) is 1.64. The van der Waals surface area contributed by atoms with E-state index in [4.69, 9.17) is 14.2 Å². The second kappa shape index (κ2) is 15.9. The first-order chi connectivity index (χ1) is 17.4. The number of hydrogen-bond donors (Lipinski definition) is 2. The third-order valence-electron chi connectivity index (χ3n) is 5.34. The van der Waals surface area contributed by atoms with Gasteiger partial charge in [-0.15, -0.1) is 0 Å². The molecule has 2 amide bonds. The first kappa shape index (κ1) is 28.4. The van der Waals surface area contributed by atoms with Gasteiger partial charge in [0.25, 0.3) is 0 Å². The Morgan fingerprint density at radius 1 is 0.806 bits per heavy atom. The molecule has 0 radical (unpaired) electrons. The Kier molecular flexibility index (Phi) is 12.5. The van der Waals surface area contributed by atoms with Gasteiger partial charge in [-0.3, -0.25) is 9.59 Å². The van der Waals surface area contributed by atoms with Crippen LogP contribution in [-0.4, -0.2) is 49.7 Å². The average molecular weight is 499 g/mol. The van der Waals surface area contributed by atoms with Gasteiger partial charge in [0, 0.05) is 12.8 Å². The van der Waals surface area contributed by atoms with Crippen LogP contribution in [0.2, 0.25) is 0 Å². The van der Waals surface area contributed by atoms with E-state index in [0.29, 0.717) is 19.4 Å². The first-order valence-corrected chi connectivity index (χ1v) is 12.0. The van der Waals surface area contributed by atoms with Crippen LogP contribution >= 0.6 is 0 Å². The van der Waals surface area contributed by atoms with E-state index in [9.17, 15) is 19.2 Å². The van der Waals surface area contributed by atoms with Crippen molar-refractivity contribution in [2.75, 3.05) is 13.7 Å². The molecule has 2 rings (SSSR count). The van der Waals surface area contributed by atoms with Crippen LogP contribution < -0.4 is 10.6 Å². The monoisotopic (exact) mass is 498 g/mol. The van der Waals surface area contributed by atoms with Crippen molar-refractivity contribution >= 4 is 23.9 Å². The van der Waals surface area contributed by atoms with Gasteiger partial charge < -0.3 is 24.8 Å². The summed E-state index contributed by atoms with van der Waals surface area (Å²) in [6.07, 6.45) is 0.866. The van der Waals surface area contributed by atoms with Gasteiger partial charge in [0.2, 0.25) is 5.91 Å². The molecule has 0 aliphatic heterocycles. The van der Waals surface area contributed by atoms with Crippen LogP contribution in [0.5, 0.6) is 0 Å². The predicted octanol–water partition coefficient (Wildman–Crippen LogP) is 3.31. The van der Waals surface area contributed by atoms with Crippen molar-refractivity contribution in [2.24, 2.45) is 0 Å². The minimum atomic E-state index is -0.974. The minimum Gasteiger partial charge on any atom is -0.467 e. The van der Waals surface area contributed by atoms with Crippen molar-refractivity contribution in [2.45, 2.75) is 57.7 Å². The van der Waals surface area contributed by atoms with Crippen LogP contribution in [0.3, 0.4) is 0 Å². The maximum Gasteiger partial charge on any atom is 0.408 e. The summed E-state index contributed by atoms with van der Waals surface area (Å²) in [7, 11) is 1.25. The minimum absolute atomic E-state index is 0.0443. The van der Waals surface area contributed by atoms with Gasteiger partial charge in [-0.1, -0.05) is 67.1 Å². The van der Waals surface area contributed by atoms with E-state index < -0.39 is 30.1 Å². The largest absolute Gasteiger partial charge is 0.467 e. The van der Waals surface area contributed by atoms with Gasteiger partial charge in [0.05, 0.1) is 13.7 Å². The lowest BCUT2D eigenvalue weighted by Crippen LogP contribution is -2.52. The van der Waals surface area contributed by atoms with Gasteiger partial charge in [-0.05, 0) is 30.9 Å². The zero-order valence-corrected chi connectivity index (χ0v) is 20.7. The Labute approximate surface area is 211 Å². The molecule has 0 heterocycles. The fraction of sp³-hybridized carbons (Fsp3) is 0.407. The molecular formula is C27H34N2O7. The van der Waals surface area contributed by atoms with Gasteiger partial charge in [-0.25, -0.2) is 9.59 Å². The molecule has 194 valence electrons. The highest BCUT2D eigenvalue weighted by Gasteiger charge is 2.28. The maximum absolute atomic E-state index is 13.1. The smallest absolute Gasteiger partial charge is 0.408 e. The number of ether oxygens (including phenoxy) is 3. The molecule has 0 unspecified atom stereocenters. The Hall–Kier alpha value is -3.88. The van der Waals surface area contributed by atoms with Gasteiger partial charge in [0.15, 0.2) is 0 Å². The standard InChI is InChI=1S/C27H34N2O7/c1-3-35-24(30)17-11-10-16-22(29-27(33)36-19-21-14-8-5-9-15-21)25(31)28-23(26(32)34-2)18-20-12-6-4-7-13-20/h4-9,12-15,22-23H,3,10-11,16-19H2,1-2H3,(H,28,31)(H,29,33)/t22-,23-/m0/s1. The Morgan fingerprint density at radius 2 is 1.44 bits per heavy atom. The number of hydrogen-bond acceptors (Lipinski definition) is 7. The Bertz CT molecular complexity index is 967. The molecule has 0 saturated heterocycles. The third kappa shape index (κ3) is 10.6. The van der Waals surface area contributed by atoms with Crippen molar-refractivity contribution < 1.29 is 33.4 Å². The van der Waals surface area contributed by atoms with Crippen LogP contribution in [0.15, 0.2) is 60.7 Å². The quantitative estimate of drug-likeness (QED) is 0.233. The molecule has 0 aromatic heterocycles. The van der Waals surface area contributed by atoms with Crippen molar-refractivity contribution in [3.8, 4) is 0 Å². The molecule has 0 bridgehead atoms. The summed E-state index contributed by atoms with van der Waals surface area (Å²) < 4.78 is 15.0. The molecular weight excluding hydrogens is 464 g/mol. The summed E-state index contributed by atoms with van der Waals surface area (Å²) in [5, 5.41) is 5.28. The number of methoxy groups -OCH3 is 1. The van der Waals surface area contributed by atoms with Gasteiger partial charge in [0.1, 0.15) is 18.7 Å². The fourth-order valence-electron chi connectivity index (χ4n) is 3.48. The highest BCUT2D eigenvalue weighted by atomic mass is 16.5. The second-order valence-electron chi connectivity index (χ2n) is 8.08. The van der Waals surface area contributed by atoms with Crippen LogP contribution in [0.25, 0.3) is 0 Å². The van der Waals surface area contributed by atoms with E-state index in [1.54, 1.807) is 6.92 Å². The normalized spacial score (nSPS) is 12.1. The highest BCUT2D eigenvalue weighted by Crippen LogP contribution is 2.09. The summed E-state index contributed by atoms with van der Waals surface area (Å²) in [6, 6.07) is 16.4. The molecule has 0 fully saturated rings. The lowest BCUT2D eigenvalue weighted by molar-refractivity contribution is -0.145. The van der Waals surface area contributed by atoms with Crippen molar-refractivity contribution in [3.63, 3.8) is 0 Å². The zero-order valence-electron chi connectivity index (χ0n) is 20.7. The van der Waals surface area contributed by atoms with Crippen molar-refractivity contribution in [1.29, 1.82) is 0 Å². The number of carbonyl (C=O) groups excluding carboxylic acids is 4. The molecule has 36 heavy (non-hydrogen) atoms. The fourth-order valence-corrected chi connectivity index (χ4v) is 3.48. The summed E-state index contributed by atoms with van der Waals surface area (Å²) in [5.74, 6) is -1.46. The van der Waals surface area contributed by atoms with E-state index >= 15 is 0 Å². The molecule has 9 nitrogen and oxygen atoms in total. The SMILES string of the molecule is CCOC(=O)CCCC[C@H](NC(=O)OCc1ccccc1)C(=O)N[C@@H](Cc1ccccc1)C(=O)OC. The summed E-state index contributed by atoms with van der Waals surface area (Å²) >= 11 is 0. The molecule has 0 aliphatic carbocycles. The van der Waals surface area contributed by atoms with Gasteiger partial charge >= 0.3 is 18.0 Å². The summed E-state index contributed by atoms with van der Waals surface area (Å²) in [6.45, 7) is 2.08. The predicted molar refractivity (Wildman–Crippen MR) is 133 cm³/mol. The van der Waals surface area contributed by atoms with E-state index in [0.717, 1.165) is 11.1 Å². The summed E-state index contributed by atoms with van der Waals surface area (Å²) in [4.78, 5) is 49.5. The molecule has 2 atom stereocenters. The van der Waals surface area contributed by atoms with Crippen LogP contribution in [0.1, 0.15) is 43.7 Å². The van der Waals surface area contributed by atoms with Crippen LogP contribution in [0.4, 0.5) is 4.79 Å². The van der Waals surface area contributed by atoms with Crippen LogP contribution in [-0.2, 0) is 41.6 Å². The van der Waals surface area contributed by atoms with E-state index in [-0.39, 0.29) is 31.8 Å². The number of benzene rings is 2. The molecule has 2 aromatic carbocycles. The molecule has 2 N–H and O–H groups in total. The van der Waals surface area contributed by atoms with E-state index in [2.05, 4.69) is 10.6 Å². The second-order valence-corrected chi connectivity index (χ2v) is 8.08. The van der Waals surface area contributed by atoms with Crippen LogP contribution in [0, 0.1) is 0 Å². The number of unbranched alkanes of at least 4 members (excludes halogenated alkanes) is 1. The highest BCUT2D eigenvalue weighted by molar-refractivity contribution is 5.89. The molecule has 0 saturated carbocycles. The molecule has 2 aromatic rings. The van der Waals surface area contributed by atoms with Gasteiger partial charge in [-0.2, -0.15) is 0 Å². The third-order valence-corrected chi connectivity index (χ3v) is 5.34. The maximum atomic E-state index is 13.1. The Morgan fingerprint density at radius 3 is 2.06 bits per heavy atom. The lowest BCUT2D eigenvalue weighted by atomic mass is 10.0. The Balaban J connectivity index is 2.02. The number of amides is 2. The topological polar surface area (TPSA) is 120 Å². The molecule has 9 heteroatoms. The van der Waals surface area contributed by atoms with Crippen molar-refractivity contribution in [3.05, 3.63) is 71.8 Å². The number of esters is 2. The van der Waals surface area contributed by atoms with Crippen molar-refractivity contribution in [1.82, 2.24) is 10.6 Å². The molecule has 0 spiro atoms. The van der Waals surface area contributed by atoms with E-state index in [1.165, 1.54) is 7.11 Å². The number of carbonyl (C=O) groups is 4. The number of alkyl carbamates (subject to hydrolysis) is 1. The lowest BCUT2D eigenvalue weighted by Gasteiger charge is -2.22. The first-order valence-electron chi connectivity index (χ1n) is 12.0. The zero-order chi connectivity index (χ0) is 26.2. The number of rotatable bonds is 14. The molecule has 0 aliphatic rings. The average Bonchev–Trinajstić information content (AvgIpc) is 2.89. The number of nitrogens with one attached hydrogen (secondary N) is 2. The van der Waals surface area contributed by atoms with E-state index in [1.807, 2.05) is 60.7 Å².